The molecule has 0 rings (SSSR count). The molecular weight excluding hydrogens is 296 g/mol. The molecule has 0 amide bonds. The second kappa shape index (κ2) is 9.78. The summed E-state index contributed by atoms with van der Waals surface area (Å²) >= 11 is 0. The maximum Gasteiger partial charge on any atom is 0 e. The largest absolute Gasteiger partial charge is 0 e. The molecule has 0 bridgehead atoms. The van der Waals surface area contributed by atoms with Gasteiger partial charge >= 0.3 is 69.6 Å². The first-order chi connectivity index (χ1) is 4.00. The smallest absolute Gasteiger partial charge is 0 e. The van der Waals surface area contributed by atoms with Gasteiger partial charge in [0.1, 0.15) is 0 Å². The molecule has 12 heavy (non-hydrogen) atoms. The Labute approximate surface area is 124 Å². The van der Waals surface area contributed by atoms with E-state index in [1.165, 1.54) is 0 Å². The second-order valence-electron chi connectivity index (χ2n) is 0.961. The Morgan fingerprint density at radius 1 is 1.00 bits per heavy atom. The molecule has 0 radical (unpaired) electrons. The van der Waals surface area contributed by atoms with Gasteiger partial charge in [-0.1, -0.05) is 0 Å². The van der Waals surface area contributed by atoms with E-state index < -0.39 is 18.2 Å². The molecule has 0 saturated heterocycles. The van der Waals surface area contributed by atoms with Crippen LogP contribution in [0.2, 0.25) is 0 Å². The monoisotopic (exact) mass is 300 g/mol. The average Bonchev–Trinajstić information content (AvgIpc) is 1.12. The maximum atomic E-state index is 8.88. The van der Waals surface area contributed by atoms with Crippen LogP contribution in [-0.4, -0.2) is 83.6 Å². The van der Waals surface area contributed by atoms with Crippen LogP contribution in [0.1, 0.15) is 0 Å². The molecular formula is H6KO8PSZn. The van der Waals surface area contributed by atoms with Crippen molar-refractivity contribution in [3.8, 4) is 0 Å². The van der Waals surface area contributed by atoms with Crippen molar-refractivity contribution in [2.45, 2.75) is 0 Å². The molecule has 68 valence electrons. The molecule has 0 spiro atoms. The Hall–Kier alpha value is 2.24. The van der Waals surface area contributed by atoms with Crippen LogP contribution in [0.15, 0.2) is 0 Å². The van der Waals surface area contributed by atoms with Crippen molar-refractivity contribution in [1.82, 2.24) is 0 Å². The normalized spacial score (nSPS) is 9.75. The molecule has 0 saturated carbocycles. The van der Waals surface area contributed by atoms with E-state index in [0.717, 1.165) is 0 Å². The van der Waals surface area contributed by atoms with Gasteiger partial charge in [0.2, 0.25) is 0 Å². The third kappa shape index (κ3) is 308. The molecule has 0 atom stereocenters. The molecule has 12 heteroatoms. The number of rotatable bonds is 0. The molecule has 8 nitrogen and oxygen atoms in total. The van der Waals surface area contributed by atoms with E-state index in [-0.39, 0.29) is 70.9 Å². The van der Waals surface area contributed by atoms with E-state index in [1.807, 2.05) is 0 Å². The van der Waals surface area contributed by atoms with Crippen LogP contribution < -0.4 is 0 Å². The van der Waals surface area contributed by atoms with E-state index >= 15 is 0 Å². The minimum atomic E-state index is -4.67. The maximum absolute atomic E-state index is 8.88. The predicted octanol–water partition coefficient (Wildman–Crippen LogP) is -2.23. The molecule has 0 aliphatic heterocycles. The van der Waals surface area contributed by atoms with E-state index in [2.05, 4.69) is 0 Å². The molecule has 0 aromatic rings. The SMILES string of the molecule is O=P(O)(O)O.O=S(=O)(O)O.[KH].[Zn]. The Balaban J connectivity index is -0.0000000457. The van der Waals surface area contributed by atoms with Gasteiger partial charge < -0.3 is 14.7 Å². The van der Waals surface area contributed by atoms with E-state index in [1.54, 1.807) is 0 Å². The fourth-order valence-corrected chi connectivity index (χ4v) is 0. The molecule has 0 fully saturated rings. The first-order valence-corrected chi connectivity index (χ1v) is 4.44. The van der Waals surface area contributed by atoms with Crippen LogP contribution in [0, 0.1) is 0 Å². The minimum Gasteiger partial charge on any atom is 0 e. The van der Waals surface area contributed by atoms with Gasteiger partial charge in [-0.05, 0) is 0 Å². The van der Waals surface area contributed by atoms with Gasteiger partial charge in [-0.15, -0.1) is 0 Å². The molecule has 0 aliphatic carbocycles. The van der Waals surface area contributed by atoms with Crippen molar-refractivity contribution in [1.29, 1.82) is 0 Å². The van der Waals surface area contributed by atoms with E-state index in [9.17, 15) is 0 Å². The van der Waals surface area contributed by atoms with Crippen LogP contribution >= 0.6 is 7.82 Å². The third-order valence-electron chi connectivity index (χ3n) is 0. The van der Waals surface area contributed by atoms with Crippen molar-refractivity contribution < 1.29 is 56.2 Å². The van der Waals surface area contributed by atoms with E-state index in [0.29, 0.717) is 0 Å². The first kappa shape index (κ1) is 23.8. The van der Waals surface area contributed by atoms with Gasteiger partial charge in [0.15, 0.2) is 0 Å². The van der Waals surface area contributed by atoms with E-state index in [4.69, 9.17) is 36.8 Å². The van der Waals surface area contributed by atoms with Gasteiger partial charge in [-0.25, -0.2) is 4.57 Å². The zero-order chi connectivity index (χ0) is 9.00. The van der Waals surface area contributed by atoms with Crippen LogP contribution in [-0.2, 0) is 34.4 Å². The van der Waals surface area contributed by atoms with Crippen molar-refractivity contribution in [2.24, 2.45) is 0 Å². The first-order valence-electron chi connectivity index (χ1n) is 1.48. The summed E-state index contributed by atoms with van der Waals surface area (Å²) in [5, 5.41) is 0. The summed E-state index contributed by atoms with van der Waals surface area (Å²) in [5.74, 6) is 0. The van der Waals surface area contributed by atoms with Crippen LogP contribution in [0.5, 0.6) is 0 Å². The van der Waals surface area contributed by atoms with Crippen molar-refractivity contribution >= 4 is 69.6 Å². The van der Waals surface area contributed by atoms with Crippen LogP contribution in [0.4, 0.5) is 0 Å². The Morgan fingerprint density at radius 3 is 1.00 bits per heavy atom. The minimum absolute atomic E-state index is 0. The summed E-state index contributed by atoms with van der Waals surface area (Å²) in [6, 6.07) is 0. The molecule has 0 heterocycles. The topological polar surface area (TPSA) is 152 Å². The quantitative estimate of drug-likeness (QED) is 0.191. The zero-order valence-electron chi connectivity index (χ0n) is 5.02. The Bertz CT molecular complexity index is 197. The summed E-state index contributed by atoms with van der Waals surface area (Å²) in [6.45, 7) is 0. The summed E-state index contributed by atoms with van der Waals surface area (Å²) in [6.07, 6.45) is 0. The third-order valence-corrected chi connectivity index (χ3v) is 0. The average molecular weight is 302 g/mol. The molecule has 0 aromatic heterocycles. The zero-order valence-corrected chi connectivity index (χ0v) is 9.70. The predicted molar refractivity (Wildman–Crippen MR) is 35.6 cm³/mol. The Kier molecular flexibility index (Phi) is 19.4. The van der Waals surface area contributed by atoms with Gasteiger partial charge in [0, 0.05) is 19.5 Å². The molecule has 0 aliphatic rings. The second-order valence-corrected chi connectivity index (χ2v) is 2.88. The van der Waals surface area contributed by atoms with Gasteiger partial charge in [-0.3, -0.25) is 9.11 Å². The summed E-state index contributed by atoms with van der Waals surface area (Å²) in [4.78, 5) is 21.6. The molecule has 0 aromatic carbocycles. The van der Waals surface area contributed by atoms with Gasteiger partial charge in [0.25, 0.3) is 0 Å². The number of phosphoric acid groups is 1. The summed E-state index contributed by atoms with van der Waals surface area (Å²) < 4.78 is 40.5. The molecule has 0 unspecified atom stereocenters. The van der Waals surface area contributed by atoms with Gasteiger partial charge in [0.05, 0.1) is 0 Å². The number of hydrogen-bond donors (Lipinski definition) is 5. The summed E-state index contributed by atoms with van der Waals surface area (Å²) in [7, 11) is -9.31. The van der Waals surface area contributed by atoms with Crippen molar-refractivity contribution in [2.75, 3.05) is 0 Å². The fraction of sp³-hybridized carbons (Fsp3) is 0. The van der Waals surface area contributed by atoms with Crippen LogP contribution in [0.25, 0.3) is 0 Å². The Morgan fingerprint density at radius 2 is 1.00 bits per heavy atom. The van der Waals surface area contributed by atoms with Crippen molar-refractivity contribution in [3.63, 3.8) is 0 Å². The number of hydrogen-bond acceptors (Lipinski definition) is 3. The van der Waals surface area contributed by atoms with Gasteiger partial charge in [-0.2, -0.15) is 8.42 Å². The summed E-state index contributed by atoms with van der Waals surface area (Å²) in [5.41, 5.74) is 0. The molecule has 5 N–H and O–H groups in total. The standard InChI is InChI=1S/K.H3O4P.H2O4S.Zn.H/c;2*1-5(2,3)4;;/h;(H3,1,2,3,4);(H2,1,2,3,4);;. The van der Waals surface area contributed by atoms with Crippen molar-refractivity contribution in [3.05, 3.63) is 0 Å². The van der Waals surface area contributed by atoms with Crippen LogP contribution in [0.3, 0.4) is 0 Å². The fourth-order valence-electron chi connectivity index (χ4n) is 0.